The fourth-order valence-corrected chi connectivity index (χ4v) is 2.36. The van der Waals surface area contributed by atoms with Crippen molar-refractivity contribution >= 4 is 23.7 Å². The first-order valence-corrected chi connectivity index (χ1v) is 7.98. The molecule has 0 radical (unpaired) electrons. The van der Waals surface area contributed by atoms with E-state index in [0.717, 1.165) is 5.56 Å². The maximum Gasteiger partial charge on any atom is 0.358 e. The Hall–Kier alpha value is -3.59. The van der Waals surface area contributed by atoms with Crippen molar-refractivity contribution in [1.29, 1.82) is 0 Å². The average molecular weight is 369 g/mol. The molecule has 3 rings (SSSR count). The van der Waals surface area contributed by atoms with Gasteiger partial charge in [0.1, 0.15) is 13.2 Å². The Morgan fingerprint density at radius 2 is 1.70 bits per heavy atom. The molecule has 27 heavy (non-hydrogen) atoms. The number of rotatable bonds is 7. The monoisotopic (exact) mass is 369 g/mol. The van der Waals surface area contributed by atoms with Gasteiger partial charge in [-0.15, -0.1) is 0 Å². The fourth-order valence-electron chi connectivity index (χ4n) is 2.36. The van der Waals surface area contributed by atoms with Crippen molar-refractivity contribution in [2.75, 3.05) is 13.2 Å². The summed E-state index contributed by atoms with van der Waals surface area (Å²) < 4.78 is 4.95. The zero-order chi connectivity index (χ0) is 19.2. The van der Waals surface area contributed by atoms with E-state index in [4.69, 9.17) is 9.57 Å². The van der Waals surface area contributed by atoms with Crippen LogP contribution in [0.4, 0.5) is 0 Å². The molecule has 0 atom stereocenters. The third-order valence-corrected chi connectivity index (χ3v) is 3.62. The predicted molar refractivity (Wildman–Crippen MR) is 89.9 cm³/mol. The number of hydroxylamine groups is 2. The second-order valence-corrected chi connectivity index (χ2v) is 5.54. The lowest BCUT2D eigenvalue weighted by Gasteiger charge is -2.12. The van der Waals surface area contributed by atoms with Crippen LogP contribution in [0.3, 0.4) is 0 Å². The number of carbonyl (C=O) groups excluding carboxylic acids is 4. The SMILES string of the molecule is O=C(COCC(=O)ON1C(=O)c2ccccc2C1=O)NCc1cccnc1. The third-order valence-electron chi connectivity index (χ3n) is 3.62. The highest BCUT2D eigenvalue weighted by molar-refractivity contribution is 6.20. The van der Waals surface area contributed by atoms with Gasteiger partial charge in [0.2, 0.25) is 5.91 Å². The van der Waals surface area contributed by atoms with Crippen molar-refractivity contribution in [3.8, 4) is 0 Å². The molecule has 1 N–H and O–H groups in total. The lowest BCUT2D eigenvalue weighted by atomic mass is 10.1. The maximum absolute atomic E-state index is 12.1. The van der Waals surface area contributed by atoms with E-state index in [0.29, 0.717) is 5.06 Å². The number of carbonyl (C=O) groups is 4. The van der Waals surface area contributed by atoms with Gasteiger partial charge in [-0.05, 0) is 23.8 Å². The lowest BCUT2D eigenvalue weighted by molar-refractivity contribution is -0.173. The van der Waals surface area contributed by atoms with Gasteiger partial charge in [0.25, 0.3) is 11.8 Å². The first kappa shape index (κ1) is 18.2. The van der Waals surface area contributed by atoms with Gasteiger partial charge in [-0.25, -0.2) is 4.79 Å². The van der Waals surface area contributed by atoms with Crippen LogP contribution in [-0.4, -0.2) is 47.0 Å². The molecule has 2 heterocycles. The van der Waals surface area contributed by atoms with E-state index in [-0.39, 0.29) is 24.3 Å². The molecule has 9 heteroatoms. The van der Waals surface area contributed by atoms with E-state index in [9.17, 15) is 19.2 Å². The molecule has 1 aromatic carbocycles. The van der Waals surface area contributed by atoms with Crippen LogP contribution in [0.2, 0.25) is 0 Å². The molecule has 0 bridgehead atoms. The number of aromatic nitrogens is 1. The van der Waals surface area contributed by atoms with E-state index in [1.54, 1.807) is 36.7 Å². The second-order valence-electron chi connectivity index (χ2n) is 5.54. The smallest absolute Gasteiger partial charge is 0.358 e. The number of benzene rings is 1. The molecule has 1 aliphatic heterocycles. The summed E-state index contributed by atoms with van der Waals surface area (Å²) in [6, 6.07) is 9.67. The number of ether oxygens (including phenoxy) is 1. The van der Waals surface area contributed by atoms with E-state index in [1.807, 2.05) is 0 Å². The van der Waals surface area contributed by atoms with Gasteiger partial charge in [0.15, 0.2) is 0 Å². The van der Waals surface area contributed by atoms with Crippen molar-refractivity contribution in [3.63, 3.8) is 0 Å². The molecule has 138 valence electrons. The summed E-state index contributed by atoms with van der Waals surface area (Å²) in [5, 5.41) is 2.98. The largest absolute Gasteiger partial charge is 0.360 e. The molecule has 0 aliphatic carbocycles. The van der Waals surface area contributed by atoms with E-state index in [2.05, 4.69) is 10.3 Å². The van der Waals surface area contributed by atoms with Gasteiger partial charge in [0.05, 0.1) is 11.1 Å². The lowest BCUT2D eigenvalue weighted by Crippen LogP contribution is -2.35. The number of hydrogen-bond donors (Lipinski definition) is 1. The van der Waals surface area contributed by atoms with E-state index >= 15 is 0 Å². The van der Waals surface area contributed by atoms with Crippen LogP contribution in [0.15, 0.2) is 48.8 Å². The van der Waals surface area contributed by atoms with Crippen LogP contribution in [0, 0.1) is 0 Å². The number of nitrogens with one attached hydrogen (secondary N) is 1. The van der Waals surface area contributed by atoms with Gasteiger partial charge in [0, 0.05) is 18.9 Å². The Kier molecular flexibility index (Phi) is 5.53. The molecule has 0 unspecified atom stereocenters. The van der Waals surface area contributed by atoms with Crippen LogP contribution >= 0.6 is 0 Å². The fraction of sp³-hybridized carbons (Fsp3) is 0.167. The molecule has 2 aromatic rings. The highest BCUT2D eigenvalue weighted by Crippen LogP contribution is 2.22. The van der Waals surface area contributed by atoms with Crippen molar-refractivity contribution in [2.24, 2.45) is 0 Å². The average Bonchev–Trinajstić information content (AvgIpc) is 2.92. The Bertz CT molecular complexity index is 849. The summed E-state index contributed by atoms with van der Waals surface area (Å²) in [5.41, 5.74) is 1.13. The first-order valence-electron chi connectivity index (χ1n) is 7.98. The summed E-state index contributed by atoms with van der Waals surface area (Å²) in [6.45, 7) is -0.694. The molecule has 3 amide bonds. The van der Waals surface area contributed by atoms with Crippen LogP contribution in [0.5, 0.6) is 0 Å². The zero-order valence-corrected chi connectivity index (χ0v) is 14.1. The van der Waals surface area contributed by atoms with E-state index in [1.165, 1.54) is 12.1 Å². The molecule has 1 aliphatic rings. The molecule has 0 saturated heterocycles. The van der Waals surface area contributed by atoms with Crippen LogP contribution in [0.1, 0.15) is 26.3 Å². The molecule has 0 spiro atoms. The zero-order valence-electron chi connectivity index (χ0n) is 14.1. The molecule has 0 saturated carbocycles. The maximum atomic E-state index is 12.1. The first-order chi connectivity index (χ1) is 13.1. The van der Waals surface area contributed by atoms with Gasteiger partial charge in [-0.3, -0.25) is 19.4 Å². The van der Waals surface area contributed by atoms with Crippen molar-refractivity contribution < 1.29 is 28.8 Å². The number of nitrogens with zero attached hydrogens (tertiary/aromatic N) is 2. The van der Waals surface area contributed by atoms with Crippen LogP contribution in [-0.2, 0) is 25.7 Å². The third kappa shape index (κ3) is 4.33. The van der Waals surface area contributed by atoms with Gasteiger partial charge < -0.3 is 14.9 Å². The molecule has 0 fully saturated rings. The van der Waals surface area contributed by atoms with Gasteiger partial charge in [-0.1, -0.05) is 23.3 Å². The Balaban J connectivity index is 1.41. The number of fused-ring (bicyclic) bond motifs is 1. The normalized spacial score (nSPS) is 12.7. The minimum atomic E-state index is -0.968. The molecular weight excluding hydrogens is 354 g/mol. The van der Waals surface area contributed by atoms with Crippen LogP contribution in [0.25, 0.3) is 0 Å². The quantitative estimate of drug-likeness (QED) is 0.706. The Morgan fingerprint density at radius 1 is 1.00 bits per heavy atom. The van der Waals surface area contributed by atoms with Crippen molar-refractivity contribution in [3.05, 3.63) is 65.5 Å². The number of hydrogen-bond acceptors (Lipinski definition) is 7. The summed E-state index contributed by atoms with van der Waals surface area (Å²) in [6.07, 6.45) is 3.23. The van der Waals surface area contributed by atoms with Crippen molar-refractivity contribution in [1.82, 2.24) is 15.4 Å². The van der Waals surface area contributed by atoms with Crippen LogP contribution < -0.4 is 5.32 Å². The highest BCUT2D eigenvalue weighted by atomic mass is 16.7. The predicted octanol–water partition coefficient (Wildman–Crippen LogP) is 0.469. The Morgan fingerprint density at radius 3 is 2.33 bits per heavy atom. The highest BCUT2D eigenvalue weighted by Gasteiger charge is 2.38. The summed E-state index contributed by atoms with van der Waals surface area (Å²) in [7, 11) is 0. The number of pyridine rings is 1. The Labute approximate surface area is 153 Å². The summed E-state index contributed by atoms with van der Waals surface area (Å²) >= 11 is 0. The van der Waals surface area contributed by atoms with Crippen molar-refractivity contribution in [2.45, 2.75) is 6.54 Å². The van der Waals surface area contributed by atoms with Gasteiger partial charge in [-0.2, -0.15) is 0 Å². The number of amides is 3. The minimum Gasteiger partial charge on any atom is -0.360 e. The summed E-state index contributed by atoms with van der Waals surface area (Å²) in [5.74, 6) is -2.85. The second kappa shape index (κ2) is 8.19. The number of imide groups is 1. The van der Waals surface area contributed by atoms with E-state index < -0.39 is 30.3 Å². The molecular formula is C18H15N3O6. The summed E-state index contributed by atoms with van der Waals surface area (Å²) in [4.78, 5) is 56.2. The topological polar surface area (TPSA) is 115 Å². The molecule has 9 nitrogen and oxygen atoms in total. The molecule has 1 aromatic heterocycles. The van der Waals surface area contributed by atoms with Gasteiger partial charge >= 0.3 is 5.97 Å². The minimum absolute atomic E-state index is 0.158. The standard InChI is InChI=1S/C18H15N3O6/c22-15(20-9-12-4-3-7-19-8-12)10-26-11-16(23)27-21-17(24)13-5-1-2-6-14(13)18(21)25/h1-8H,9-11H2,(H,20,22).